The van der Waals surface area contributed by atoms with Crippen molar-refractivity contribution >= 4 is 17.1 Å². The molecule has 1 amide bonds. The molecule has 3 heterocycles. The molecule has 5 nitrogen and oxygen atoms in total. The number of fused-ring (bicyclic) bond motifs is 1. The number of pyridine rings is 1. The highest BCUT2D eigenvalue weighted by Gasteiger charge is 2.30. The fourth-order valence-electron chi connectivity index (χ4n) is 3.54. The summed E-state index contributed by atoms with van der Waals surface area (Å²) in [6.07, 6.45) is 2.87. The van der Waals surface area contributed by atoms with E-state index in [4.69, 9.17) is 4.98 Å². The number of benzene rings is 1. The summed E-state index contributed by atoms with van der Waals surface area (Å²) in [7, 11) is 1.97. The first-order valence-corrected chi connectivity index (χ1v) is 8.41. The van der Waals surface area contributed by atoms with Crippen molar-refractivity contribution < 1.29 is 9.18 Å². The summed E-state index contributed by atoms with van der Waals surface area (Å²) in [5.74, 6) is 0.896. The van der Waals surface area contributed by atoms with Gasteiger partial charge in [0.2, 0.25) is 5.91 Å². The van der Waals surface area contributed by atoms with Crippen LogP contribution >= 0.6 is 0 Å². The number of aromatic nitrogens is 3. The Hall–Kier alpha value is -2.76. The molecule has 1 fully saturated rings. The van der Waals surface area contributed by atoms with Crippen LogP contribution in [0.5, 0.6) is 0 Å². The molecule has 0 saturated carbocycles. The van der Waals surface area contributed by atoms with Crippen molar-refractivity contribution in [2.75, 3.05) is 13.1 Å². The van der Waals surface area contributed by atoms with E-state index in [1.807, 2.05) is 28.6 Å². The number of hydrogen-bond donors (Lipinski definition) is 0. The molecule has 1 aliphatic rings. The molecule has 1 atom stereocenters. The lowest BCUT2D eigenvalue weighted by Crippen LogP contribution is -2.30. The lowest BCUT2D eigenvalue weighted by atomic mass is 10.1. The van der Waals surface area contributed by atoms with Gasteiger partial charge in [-0.1, -0.05) is 12.1 Å². The zero-order valence-electron chi connectivity index (χ0n) is 14.0. The molecule has 128 valence electrons. The van der Waals surface area contributed by atoms with Crippen LogP contribution in [0.25, 0.3) is 11.2 Å². The monoisotopic (exact) mass is 338 g/mol. The minimum Gasteiger partial charge on any atom is -0.342 e. The summed E-state index contributed by atoms with van der Waals surface area (Å²) in [6, 6.07) is 10.1. The summed E-state index contributed by atoms with van der Waals surface area (Å²) in [6.45, 7) is 1.35. The smallest absolute Gasteiger partial charge is 0.227 e. The third-order valence-corrected chi connectivity index (χ3v) is 4.81. The van der Waals surface area contributed by atoms with Gasteiger partial charge < -0.3 is 9.47 Å². The van der Waals surface area contributed by atoms with Gasteiger partial charge in [0.25, 0.3) is 0 Å². The number of halogens is 1. The Morgan fingerprint density at radius 2 is 2.20 bits per heavy atom. The van der Waals surface area contributed by atoms with E-state index in [-0.39, 0.29) is 24.1 Å². The molecule has 0 unspecified atom stereocenters. The van der Waals surface area contributed by atoms with Crippen molar-refractivity contribution in [2.45, 2.75) is 18.8 Å². The average Bonchev–Trinajstić information content (AvgIpc) is 3.20. The summed E-state index contributed by atoms with van der Waals surface area (Å²) in [4.78, 5) is 23.4. The molecule has 0 radical (unpaired) electrons. The third-order valence-electron chi connectivity index (χ3n) is 4.81. The summed E-state index contributed by atoms with van der Waals surface area (Å²) in [5.41, 5.74) is 2.45. The number of rotatable bonds is 3. The van der Waals surface area contributed by atoms with Gasteiger partial charge in [0, 0.05) is 32.3 Å². The molecule has 3 aromatic rings. The molecule has 25 heavy (non-hydrogen) atoms. The molecule has 0 aliphatic carbocycles. The van der Waals surface area contributed by atoms with E-state index in [0.29, 0.717) is 18.7 Å². The van der Waals surface area contributed by atoms with Gasteiger partial charge in [0.05, 0.1) is 6.42 Å². The van der Waals surface area contributed by atoms with Crippen molar-refractivity contribution in [1.29, 1.82) is 0 Å². The molecule has 0 spiro atoms. The number of carbonyl (C=O) groups excluding carboxylic acids is 1. The summed E-state index contributed by atoms with van der Waals surface area (Å²) >= 11 is 0. The zero-order chi connectivity index (χ0) is 17.4. The number of carbonyl (C=O) groups is 1. The van der Waals surface area contributed by atoms with Gasteiger partial charge in [-0.2, -0.15) is 0 Å². The standard InChI is InChI=1S/C19H19FN4O/c1-23-18(22-16-6-3-8-21-19(16)23)14-7-9-24(12-14)17(25)11-13-4-2-5-15(20)10-13/h2-6,8,10,14H,7,9,11-12H2,1H3/t14-/m1/s1. The number of aryl methyl sites for hydroxylation is 1. The number of likely N-dealkylation sites (tertiary alicyclic amines) is 1. The maximum atomic E-state index is 13.3. The van der Waals surface area contributed by atoms with Gasteiger partial charge in [0.15, 0.2) is 5.65 Å². The Balaban J connectivity index is 1.49. The first-order valence-electron chi connectivity index (χ1n) is 8.41. The van der Waals surface area contributed by atoms with E-state index in [1.54, 1.807) is 18.3 Å². The van der Waals surface area contributed by atoms with Crippen LogP contribution in [0.3, 0.4) is 0 Å². The van der Waals surface area contributed by atoms with Crippen LogP contribution in [0.2, 0.25) is 0 Å². The van der Waals surface area contributed by atoms with Crippen LogP contribution in [0.4, 0.5) is 4.39 Å². The van der Waals surface area contributed by atoms with Gasteiger partial charge in [-0.3, -0.25) is 4.79 Å². The molecule has 0 N–H and O–H groups in total. The first-order chi connectivity index (χ1) is 12.1. The average molecular weight is 338 g/mol. The molecule has 1 aromatic carbocycles. The Labute approximate surface area is 145 Å². The van der Waals surface area contributed by atoms with Gasteiger partial charge in [0.1, 0.15) is 17.2 Å². The minimum absolute atomic E-state index is 0.0324. The van der Waals surface area contributed by atoms with Crippen LogP contribution in [0, 0.1) is 5.82 Å². The summed E-state index contributed by atoms with van der Waals surface area (Å²) in [5, 5.41) is 0. The van der Waals surface area contributed by atoms with Crippen molar-refractivity contribution in [3.63, 3.8) is 0 Å². The Morgan fingerprint density at radius 3 is 3.00 bits per heavy atom. The van der Waals surface area contributed by atoms with Crippen LogP contribution in [0.15, 0.2) is 42.6 Å². The van der Waals surface area contributed by atoms with Crippen LogP contribution in [-0.2, 0) is 18.3 Å². The van der Waals surface area contributed by atoms with Crippen molar-refractivity contribution in [3.8, 4) is 0 Å². The second-order valence-corrected chi connectivity index (χ2v) is 6.51. The number of imidazole rings is 1. The first kappa shape index (κ1) is 15.7. The number of hydrogen-bond acceptors (Lipinski definition) is 3. The molecular weight excluding hydrogens is 319 g/mol. The van der Waals surface area contributed by atoms with Gasteiger partial charge in [-0.15, -0.1) is 0 Å². The molecule has 4 rings (SSSR count). The SMILES string of the molecule is Cn1c([C@@H]2CCN(C(=O)Cc3cccc(F)c3)C2)nc2cccnc21. The minimum atomic E-state index is -0.309. The zero-order valence-corrected chi connectivity index (χ0v) is 14.0. The van der Waals surface area contributed by atoms with E-state index in [9.17, 15) is 9.18 Å². The molecule has 2 aromatic heterocycles. The second-order valence-electron chi connectivity index (χ2n) is 6.51. The molecule has 1 saturated heterocycles. The van der Waals surface area contributed by atoms with E-state index in [1.165, 1.54) is 12.1 Å². The van der Waals surface area contributed by atoms with E-state index in [2.05, 4.69) is 4.98 Å². The van der Waals surface area contributed by atoms with Crippen LogP contribution in [-0.4, -0.2) is 38.4 Å². The van der Waals surface area contributed by atoms with E-state index in [0.717, 1.165) is 23.4 Å². The molecular formula is C19H19FN4O. The Kier molecular flexibility index (Phi) is 3.95. The van der Waals surface area contributed by atoms with E-state index < -0.39 is 0 Å². The second kappa shape index (κ2) is 6.27. The highest BCUT2D eigenvalue weighted by molar-refractivity contribution is 5.79. The third kappa shape index (κ3) is 2.99. The Bertz CT molecular complexity index is 936. The van der Waals surface area contributed by atoms with Gasteiger partial charge in [-0.05, 0) is 36.2 Å². The van der Waals surface area contributed by atoms with Crippen molar-refractivity contribution in [3.05, 3.63) is 59.8 Å². The number of amides is 1. The maximum Gasteiger partial charge on any atom is 0.227 e. The largest absolute Gasteiger partial charge is 0.342 e. The van der Waals surface area contributed by atoms with Crippen LogP contribution in [0.1, 0.15) is 23.7 Å². The molecule has 6 heteroatoms. The fraction of sp³-hybridized carbons (Fsp3) is 0.316. The lowest BCUT2D eigenvalue weighted by molar-refractivity contribution is -0.129. The van der Waals surface area contributed by atoms with E-state index >= 15 is 0 Å². The highest BCUT2D eigenvalue weighted by atomic mass is 19.1. The predicted molar refractivity (Wildman–Crippen MR) is 92.6 cm³/mol. The maximum absolute atomic E-state index is 13.3. The number of nitrogens with zero attached hydrogens (tertiary/aromatic N) is 4. The lowest BCUT2D eigenvalue weighted by Gasteiger charge is -2.16. The molecule has 0 bridgehead atoms. The molecule has 1 aliphatic heterocycles. The van der Waals surface area contributed by atoms with Crippen molar-refractivity contribution in [1.82, 2.24) is 19.4 Å². The fourth-order valence-corrected chi connectivity index (χ4v) is 3.54. The van der Waals surface area contributed by atoms with Gasteiger partial charge >= 0.3 is 0 Å². The quantitative estimate of drug-likeness (QED) is 0.738. The predicted octanol–water partition coefficient (Wildman–Crippen LogP) is 2.67. The van der Waals surface area contributed by atoms with Crippen LogP contribution < -0.4 is 0 Å². The van der Waals surface area contributed by atoms with Gasteiger partial charge in [-0.25, -0.2) is 14.4 Å². The van der Waals surface area contributed by atoms with Crippen molar-refractivity contribution in [2.24, 2.45) is 7.05 Å². The Morgan fingerprint density at radius 1 is 1.32 bits per heavy atom. The topological polar surface area (TPSA) is 51.0 Å². The summed E-state index contributed by atoms with van der Waals surface area (Å²) < 4.78 is 15.3. The highest BCUT2D eigenvalue weighted by Crippen LogP contribution is 2.28. The normalized spacial score (nSPS) is 17.4.